The molecule has 5 nitrogen and oxygen atoms in total. The van der Waals surface area contributed by atoms with Crippen LogP contribution in [0.4, 0.5) is 5.69 Å². The van der Waals surface area contributed by atoms with Crippen molar-refractivity contribution in [3.63, 3.8) is 0 Å². The summed E-state index contributed by atoms with van der Waals surface area (Å²) in [6.07, 6.45) is 0. The first-order valence-corrected chi connectivity index (χ1v) is 5.30. The van der Waals surface area contributed by atoms with E-state index in [-0.39, 0.29) is 11.8 Å². The van der Waals surface area contributed by atoms with E-state index in [2.05, 4.69) is 0 Å². The second-order valence-electron chi connectivity index (χ2n) is 3.50. The molecule has 0 aliphatic heterocycles. The Kier molecular flexibility index (Phi) is 4.66. The lowest BCUT2D eigenvalue weighted by Crippen LogP contribution is -2.32. The van der Waals surface area contributed by atoms with Crippen LogP contribution in [-0.2, 0) is 9.59 Å². The quantitative estimate of drug-likeness (QED) is 0.843. The van der Waals surface area contributed by atoms with E-state index in [9.17, 15) is 9.59 Å². The number of benzene rings is 1. The van der Waals surface area contributed by atoms with Crippen molar-refractivity contribution in [3.05, 3.63) is 24.3 Å². The summed E-state index contributed by atoms with van der Waals surface area (Å²) in [5.74, 6) is 0.0347. The van der Waals surface area contributed by atoms with Crippen molar-refractivity contribution >= 4 is 17.5 Å². The summed E-state index contributed by atoms with van der Waals surface area (Å²) >= 11 is 0. The molecule has 1 rings (SSSR count). The number of rotatable bonds is 4. The molecule has 0 spiro atoms. The van der Waals surface area contributed by atoms with Gasteiger partial charge in [0.2, 0.25) is 11.8 Å². The molecule has 0 aliphatic rings. The van der Waals surface area contributed by atoms with Gasteiger partial charge in [0.05, 0.1) is 5.69 Å². The number of nitrogens with two attached hydrogens (primary N) is 1. The van der Waals surface area contributed by atoms with E-state index in [4.69, 9.17) is 10.5 Å². The zero-order valence-electron chi connectivity index (χ0n) is 9.97. The van der Waals surface area contributed by atoms with Crippen LogP contribution in [0.15, 0.2) is 24.3 Å². The predicted octanol–water partition coefficient (Wildman–Crippen LogP) is 0.923. The van der Waals surface area contributed by atoms with Crippen molar-refractivity contribution in [3.8, 4) is 5.75 Å². The lowest BCUT2D eigenvalue weighted by atomic mass is 10.2. The highest BCUT2D eigenvalue weighted by atomic mass is 16.5. The first kappa shape index (κ1) is 13.2. The molecule has 92 valence electrons. The SMILES string of the molecule is CC(=O)N(C(C)=O)c1ccc(OCCN)cc1. The first-order valence-electron chi connectivity index (χ1n) is 5.30. The van der Waals surface area contributed by atoms with Crippen LogP contribution in [0, 0.1) is 0 Å². The topological polar surface area (TPSA) is 72.6 Å². The molecule has 0 unspecified atom stereocenters. The molecule has 0 bridgehead atoms. The molecule has 0 saturated carbocycles. The fourth-order valence-corrected chi connectivity index (χ4v) is 1.45. The molecule has 0 aliphatic carbocycles. The third-order valence-corrected chi connectivity index (χ3v) is 2.11. The lowest BCUT2D eigenvalue weighted by molar-refractivity contribution is -0.124. The zero-order chi connectivity index (χ0) is 12.8. The molecule has 17 heavy (non-hydrogen) atoms. The van der Waals surface area contributed by atoms with Gasteiger partial charge < -0.3 is 10.5 Å². The van der Waals surface area contributed by atoms with E-state index in [1.165, 1.54) is 13.8 Å². The molecule has 1 aromatic carbocycles. The predicted molar refractivity (Wildman–Crippen MR) is 64.8 cm³/mol. The zero-order valence-corrected chi connectivity index (χ0v) is 9.97. The second kappa shape index (κ2) is 6.00. The fourth-order valence-electron chi connectivity index (χ4n) is 1.45. The van der Waals surface area contributed by atoms with Gasteiger partial charge in [0.25, 0.3) is 0 Å². The average molecular weight is 236 g/mol. The maximum Gasteiger partial charge on any atom is 0.230 e. The van der Waals surface area contributed by atoms with Crippen molar-refractivity contribution in [1.29, 1.82) is 0 Å². The van der Waals surface area contributed by atoms with Crippen LogP contribution in [-0.4, -0.2) is 25.0 Å². The van der Waals surface area contributed by atoms with Crippen LogP contribution in [0.25, 0.3) is 0 Å². The van der Waals surface area contributed by atoms with Gasteiger partial charge in [-0.15, -0.1) is 0 Å². The molecule has 0 aromatic heterocycles. The van der Waals surface area contributed by atoms with Crippen molar-refractivity contribution in [2.45, 2.75) is 13.8 Å². The van der Waals surface area contributed by atoms with Gasteiger partial charge in [-0.05, 0) is 24.3 Å². The molecule has 0 fully saturated rings. The number of ether oxygens (including phenoxy) is 1. The second-order valence-corrected chi connectivity index (χ2v) is 3.50. The van der Waals surface area contributed by atoms with Gasteiger partial charge in [-0.2, -0.15) is 0 Å². The largest absolute Gasteiger partial charge is 0.492 e. The van der Waals surface area contributed by atoms with E-state index in [0.29, 0.717) is 24.6 Å². The number of amides is 2. The van der Waals surface area contributed by atoms with E-state index >= 15 is 0 Å². The molecule has 0 heterocycles. The first-order chi connectivity index (χ1) is 8.06. The van der Waals surface area contributed by atoms with Gasteiger partial charge in [0.1, 0.15) is 12.4 Å². The molecule has 1 aromatic rings. The van der Waals surface area contributed by atoms with Gasteiger partial charge in [-0.1, -0.05) is 0 Å². The number of imide groups is 1. The monoisotopic (exact) mass is 236 g/mol. The molecule has 0 radical (unpaired) electrons. The minimum absolute atomic E-state index is 0.312. The van der Waals surface area contributed by atoms with Crippen molar-refractivity contribution in [1.82, 2.24) is 0 Å². The van der Waals surface area contributed by atoms with Crippen LogP contribution in [0.1, 0.15) is 13.8 Å². The number of hydrogen-bond donors (Lipinski definition) is 1. The summed E-state index contributed by atoms with van der Waals surface area (Å²) in [4.78, 5) is 23.7. The Balaban J connectivity index is 2.85. The molecular weight excluding hydrogens is 220 g/mol. The van der Waals surface area contributed by atoms with Crippen molar-refractivity contribution in [2.75, 3.05) is 18.1 Å². The Hall–Kier alpha value is -1.88. The normalized spacial score (nSPS) is 9.82. The summed E-state index contributed by atoms with van der Waals surface area (Å²) in [6, 6.07) is 6.72. The highest BCUT2D eigenvalue weighted by Crippen LogP contribution is 2.19. The van der Waals surface area contributed by atoms with E-state index in [1.54, 1.807) is 24.3 Å². The molecular formula is C12H16N2O3. The standard InChI is InChI=1S/C12H16N2O3/c1-9(15)14(10(2)16)11-3-5-12(6-4-11)17-8-7-13/h3-6H,7-8,13H2,1-2H3. The lowest BCUT2D eigenvalue weighted by Gasteiger charge is -2.17. The van der Waals surface area contributed by atoms with Crippen LogP contribution in [0.2, 0.25) is 0 Å². The maximum absolute atomic E-state index is 11.3. The summed E-state index contributed by atoms with van der Waals surface area (Å²) in [5, 5.41) is 0. The molecule has 0 atom stereocenters. The van der Waals surface area contributed by atoms with Crippen LogP contribution < -0.4 is 15.4 Å². The Bertz CT molecular complexity index is 387. The highest BCUT2D eigenvalue weighted by molar-refractivity contribution is 6.13. The van der Waals surface area contributed by atoms with Crippen molar-refractivity contribution in [2.24, 2.45) is 5.73 Å². The number of carbonyl (C=O) groups excluding carboxylic acids is 2. The minimum Gasteiger partial charge on any atom is -0.492 e. The smallest absolute Gasteiger partial charge is 0.230 e. The fraction of sp³-hybridized carbons (Fsp3) is 0.333. The van der Waals surface area contributed by atoms with Gasteiger partial charge in [0.15, 0.2) is 0 Å². The molecule has 2 N–H and O–H groups in total. The van der Waals surface area contributed by atoms with Crippen LogP contribution in [0.5, 0.6) is 5.75 Å². The van der Waals surface area contributed by atoms with E-state index in [0.717, 1.165) is 4.90 Å². The number of anilines is 1. The molecule has 2 amide bonds. The highest BCUT2D eigenvalue weighted by Gasteiger charge is 2.15. The average Bonchev–Trinajstić information content (AvgIpc) is 2.27. The van der Waals surface area contributed by atoms with Gasteiger partial charge in [-0.25, -0.2) is 0 Å². The van der Waals surface area contributed by atoms with Crippen LogP contribution >= 0.6 is 0 Å². The van der Waals surface area contributed by atoms with Crippen LogP contribution in [0.3, 0.4) is 0 Å². The number of nitrogens with zero attached hydrogens (tertiary/aromatic N) is 1. The van der Waals surface area contributed by atoms with Gasteiger partial charge in [0, 0.05) is 20.4 Å². The summed E-state index contributed by atoms with van der Waals surface area (Å²) in [7, 11) is 0. The summed E-state index contributed by atoms with van der Waals surface area (Å²) < 4.78 is 5.30. The summed E-state index contributed by atoms with van der Waals surface area (Å²) in [6.45, 7) is 3.57. The Labute approximate surface area is 100 Å². The van der Waals surface area contributed by atoms with Gasteiger partial charge in [-0.3, -0.25) is 14.5 Å². The Morgan fingerprint density at radius 1 is 1.18 bits per heavy atom. The molecule has 5 heteroatoms. The number of hydrogen-bond acceptors (Lipinski definition) is 4. The van der Waals surface area contributed by atoms with E-state index < -0.39 is 0 Å². The molecule has 0 saturated heterocycles. The maximum atomic E-state index is 11.3. The Morgan fingerprint density at radius 2 is 1.71 bits per heavy atom. The van der Waals surface area contributed by atoms with Gasteiger partial charge >= 0.3 is 0 Å². The third kappa shape index (κ3) is 3.57. The Morgan fingerprint density at radius 3 is 2.12 bits per heavy atom. The summed E-state index contributed by atoms with van der Waals surface area (Å²) in [5.41, 5.74) is 5.84. The van der Waals surface area contributed by atoms with Crippen molar-refractivity contribution < 1.29 is 14.3 Å². The van der Waals surface area contributed by atoms with E-state index in [1.807, 2.05) is 0 Å². The minimum atomic E-state index is -0.312. The number of carbonyl (C=O) groups is 2. The third-order valence-electron chi connectivity index (χ3n) is 2.11.